The van der Waals surface area contributed by atoms with Crippen LogP contribution in [0.3, 0.4) is 0 Å². The molecule has 1 fully saturated rings. The number of hydrogen-bond acceptors (Lipinski definition) is 3. The maximum absolute atomic E-state index is 11.7. The van der Waals surface area contributed by atoms with Gasteiger partial charge < -0.3 is 9.84 Å². The van der Waals surface area contributed by atoms with Crippen LogP contribution in [0, 0.1) is 0 Å². The van der Waals surface area contributed by atoms with Crippen molar-refractivity contribution in [3.63, 3.8) is 0 Å². The van der Waals surface area contributed by atoms with E-state index in [0.717, 1.165) is 19.3 Å². The first-order valence-corrected chi connectivity index (χ1v) is 5.70. The molecule has 1 aromatic rings. The zero-order valence-electron chi connectivity index (χ0n) is 9.13. The van der Waals surface area contributed by atoms with Gasteiger partial charge >= 0.3 is 5.97 Å². The van der Waals surface area contributed by atoms with E-state index in [0.29, 0.717) is 12.0 Å². The molecular weight excluding hydrogens is 204 g/mol. The topological polar surface area (TPSA) is 46.5 Å². The zero-order chi connectivity index (χ0) is 11.4. The fourth-order valence-electron chi connectivity index (χ4n) is 2.02. The second-order valence-corrected chi connectivity index (χ2v) is 4.21. The van der Waals surface area contributed by atoms with Gasteiger partial charge in [-0.15, -0.1) is 0 Å². The summed E-state index contributed by atoms with van der Waals surface area (Å²) >= 11 is 0. The predicted molar refractivity (Wildman–Crippen MR) is 60.1 cm³/mol. The number of benzene rings is 1. The highest BCUT2D eigenvalue weighted by Gasteiger charge is 2.23. The summed E-state index contributed by atoms with van der Waals surface area (Å²) in [4.78, 5) is 11.7. The summed E-state index contributed by atoms with van der Waals surface area (Å²) in [6, 6.07) is 8.96. The largest absolute Gasteiger partial charge is 0.459 e. The molecule has 1 aromatic carbocycles. The van der Waals surface area contributed by atoms with E-state index in [4.69, 9.17) is 4.74 Å². The number of carbonyl (C=O) groups excluding carboxylic acids is 1. The molecule has 1 N–H and O–H groups in total. The third-order valence-corrected chi connectivity index (χ3v) is 2.88. The molecule has 0 unspecified atom stereocenters. The fraction of sp³-hybridized carbons (Fsp3) is 0.462. The van der Waals surface area contributed by atoms with Crippen LogP contribution < -0.4 is 0 Å². The maximum atomic E-state index is 11.7. The fourth-order valence-corrected chi connectivity index (χ4v) is 2.02. The summed E-state index contributed by atoms with van der Waals surface area (Å²) in [5.74, 6) is -0.292. The van der Waals surface area contributed by atoms with Crippen LogP contribution >= 0.6 is 0 Å². The van der Waals surface area contributed by atoms with Crippen LogP contribution in [0.5, 0.6) is 0 Å². The molecule has 3 nitrogen and oxygen atoms in total. The standard InChI is InChI=1S/C13H16O3/c14-11-7-4-8-12(9-11)16-13(15)10-5-2-1-3-6-10/h1-3,5-6,11-12,14H,4,7-9H2/t11-,12+/m1/s1. The Hall–Kier alpha value is -1.35. The summed E-state index contributed by atoms with van der Waals surface area (Å²) in [6.07, 6.45) is 2.72. The minimum atomic E-state index is -0.317. The molecule has 0 aromatic heterocycles. The lowest BCUT2D eigenvalue weighted by atomic mass is 9.95. The quantitative estimate of drug-likeness (QED) is 0.777. The molecule has 86 valence electrons. The molecule has 0 radical (unpaired) electrons. The number of hydrogen-bond donors (Lipinski definition) is 1. The lowest BCUT2D eigenvalue weighted by Crippen LogP contribution is -2.28. The molecule has 0 spiro atoms. The van der Waals surface area contributed by atoms with Crippen LogP contribution in [0.2, 0.25) is 0 Å². The Morgan fingerprint density at radius 1 is 1.25 bits per heavy atom. The van der Waals surface area contributed by atoms with Crippen LogP contribution in [0.15, 0.2) is 30.3 Å². The third kappa shape index (κ3) is 2.83. The van der Waals surface area contributed by atoms with Gasteiger partial charge in [0.05, 0.1) is 11.7 Å². The molecule has 1 aliphatic carbocycles. The number of rotatable bonds is 2. The van der Waals surface area contributed by atoms with E-state index in [1.165, 1.54) is 0 Å². The van der Waals surface area contributed by atoms with Crippen LogP contribution in [0.25, 0.3) is 0 Å². The number of aliphatic hydroxyl groups is 1. The van der Waals surface area contributed by atoms with Crippen molar-refractivity contribution in [2.45, 2.75) is 37.9 Å². The lowest BCUT2D eigenvalue weighted by molar-refractivity contribution is -0.00223. The Morgan fingerprint density at radius 2 is 2.00 bits per heavy atom. The van der Waals surface area contributed by atoms with Crippen molar-refractivity contribution in [2.75, 3.05) is 0 Å². The molecule has 0 amide bonds. The molecule has 0 bridgehead atoms. The lowest BCUT2D eigenvalue weighted by Gasteiger charge is -2.25. The molecule has 0 heterocycles. The Balaban J connectivity index is 1.92. The Labute approximate surface area is 95.0 Å². The first-order valence-electron chi connectivity index (χ1n) is 5.70. The van der Waals surface area contributed by atoms with E-state index in [1.54, 1.807) is 12.1 Å². The Bertz CT molecular complexity index is 347. The van der Waals surface area contributed by atoms with Crippen LogP contribution in [-0.4, -0.2) is 23.3 Å². The highest BCUT2D eigenvalue weighted by Crippen LogP contribution is 2.21. The highest BCUT2D eigenvalue weighted by atomic mass is 16.5. The van der Waals surface area contributed by atoms with Crippen molar-refractivity contribution in [3.05, 3.63) is 35.9 Å². The van der Waals surface area contributed by atoms with Gasteiger partial charge in [-0.2, -0.15) is 0 Å². The minimum absolute atomic E-state index is 0.128. The van der Waals surface area contributed by atoms with E-state index < -0.39 is 0 Å². The van der Waals surface area contributed by atoms with E-state index in [1.807, 2.05) is 18.2 Å². The first kappa shape index (κ1) is 11.1. The van der Waals surface area contributed by atoms with Gasteiger partial charge in [0.25, 0.3) is 0 Å². The smallest absolute Gasteiger partial charge is 0.338 e. The molecule has 1 aliphatic rings. The molecule has 2 atom stereocenters. The van der Waals surface area contributed by atoms with Gasteiger partial charge in [0.2, 0.25) is 0 Å². The van der Waals surface area contributed by atoms with Crippen molar-refractivity contribution in [3.8, 4) is 0 Å². The van der Waals surface area contributed by atoms with Gasteiger partial charge in [-0.3, -0.25) is 0 Å². The molecular formula is C13H16O3. The van der Waals surface area contributed by atoms with Crippen molar-refractivity contribution in [2.24, 2.45) is 0 Å². The maximum Gasteiger partial charge on any atom is 0.338 e. The van der Waals surface area contributed by atoms with Crippen molar-refractivity contribution in [1.29, 1.82) is 0 Å². The summed E-state index contributed by atoms with van der Waals surface area (Å²) in [5, 5.41) is 9.47. The molecule has 1 saturated carbocycles. The van der Waals surface area contributed by atoms with E-state index >= 15 is 0 Å². The van der Waals surface area contributed by atoms with E-state index in [2.05, 4.69) is 0 Å². The van der Waals surface area contributed by atoms with Crippen LogP contribution in [0.1, 0.15) is 36.0 Å². The summed E-state index contributed by atoms with van der Waals surface area (Å²) < 4.78 is 5.35. The highest BCUT2D eigenvalue weighted by molar-refractivity contribution is 5.89. The Morgan fingerprint density at radius 3 is 2.69 bits per heavy atom. The number of esters is 1. The van der Waals surface area contributed by atoms with Crippen LogP contribution in [0.4, 0.5) is 0 Å². The third-order valence-electron chi connectivity index (χ3n) is 2.88. The summed E-state index contributed by atoms with van der Waals surface area (Å²) in [7, 11) is 0. The number of carbonyl (C=O) groups is 1. The monoisotopic (exact) mass is 220 g/mol. The second kappa shape index (κ2) is 5.12. The van der Waals surface area contributed by atoms with E-state index in [-0.39, 0.29) is 18.2 Å². The molecule has 0 aliphatic heterocycles. The summed E-state index contributed by atoms with van der Waals surface area (Å²) in [5.41, 5.74) is 0.572. The van der Waals surface area contributed by atoms with Crippen molar-refractivity contribution < 1.29 is 14.6 Å². The summed E-state index contributed by atoms with van der Waals surface area (Å²) in [6.45, 7) is 0. The predicted octanol–water partition coefficient (Wildman–Crippen LogP) is 2.15. The van der Waals surface area contributed by atoms with Gasteiger partial charge in [0.15, 0.2) is 0 Å². The average molecular weight is 220 g/mol. The van der Waals surface area contributed by atoms with Crippen molar-refractivity contribution in [1.82, 2.24) is 0 Å². The minimum Gasteiger partial charge on any atom is -0.459 e. The van der Waals surface area contributed by atoms with Gasteiger partial charge in [-0.1, -0.05) is 18.2 Å². The number of aliphatic hydroxyl groups excluding tert-OH is 1. The molecule has 0 saturated heterocycles. The van der Waals surface area contributed by atoms with E-state index in [9.17, 15) is 9.90 Å². The van der Waals surface area contributed by atoms with Crippen LogP contribution in [-0.2, 0) is 4.74 Å². The van der Waals surface area contributed by atoms with Gasteiger partial charge in [0, 0.05) is 6.42 Å². The normalized spacial score (nSPS) is 25.1. The van der Waals surface area contributed by atoms with Gasteiger partial charge in [-0.25, -0.2) is 4.79 Å². The number of ether oxygens (including phenoxy) is 1. The SMILES string of the molecule is O=C(O[C@H]1CCC[C@@H](O)C1)c1ccccc1. The second-order valence-electron chi connectivity index (χ2n) is 4.21. The molecule has 16 heavy (non-hydrogen) atoms. The average Bonchev–Trinajstić information content (AvgIpc) is 2.30. The zero-order valence-corrected chi connectivity index (χ0v) is 9.13. The molecule has 2 rings (SSSR count). The van der Waals surface area contributed by atoms with Gasteiger partial charge in [-0.05, 0) is 31.4 Å². The Kier molecular flexibility index (Phi) is 3.57. The van der Waals surface area contributed by atoms with Crippen molar-refractivity contribution >= 4 is 5.97 Å². The first-order chi connectivity index (χ1) is 7.75. The van der Waals surface area contributed by atoms with Gasteiger partial charge in [0.1, 0.15) is 6.10 Å². The molecule has 3 heteroatoms.